The van der Waals surface area contributed by atoms with E-state index in [1.807, 2.05) is 4.90 Å². The monoisotopic (exact) mass is 484 g/mol. The lowest BCUT2D eigenvalue weighted by molar-refractivity contribution is 0.0782. The molecule has 1 aromatic carbocycles. The Kier molecular flexibility index (Phi) is 7.67. The first-order chi connectivity index (χ1) is 15.3. The average Bonchev–Trinajstić information content (AvgIpc) is 2.75. The van der Waals surface area contributed by atoms with E-state index in [4.69, 9.17) is 4.74 Å². The Bertz CT molecular complexity index is 907. The molecule has 1 amide bonds. The lowest BCUT2D eigenvalue weighted by atomic mass is 9.85. The summed E-state index contributed by atoms with van der Waals surface area (Å²) in [5.74, 6) is -0.147. The molecular formula is C23H33FN2O4S2. The van der Waals surface area contributed by atoms with Crippen LogP contribution in [0.15, 0.2) is 23.1 Å². The molecule has 0 N–H and O–H groups in total. The molecule has 9 heteroatoms. The topological polar surface area (TPSA) is 66.9 Å². The van der Waals surface area contributed by atoms with Crippen LogP contribution >= 0.6 is 11.8 Å². The number of ether oxygens (including phenoxy) is 1. The molecule has 2 aliphatic carbocycles. The summed E-state index contributed by atoms with van der Waals surface area (Å²) in [4.78, 5) is 16.9. The maximum Gasteiger partial charge on any atom is 0.281 e. The molecule has 6 nitrogen and oxygen atoms in total. The van der Waals surface area contributed by atoms with Crippen molar-refractivity contribution in [3.8, 4) is 5.75 Å². The first-order valence-corrected chi connectivity index (χ1v) is 14.4. The molecule has 2 saturated carbocycles. The summed E-state index contributed by atoms with van der Waals surface area (Å²) in [6, 6.07) is 4.37. The molecule has 32 heavy (non-hydrogen) atoms. The van der Waals surface area contributed by atoms with E-state index in [0.29, 0.717) is 23.8 Å². The SMILES string of the molecule is CS(=O)(=O)c1ccc(OCC2CCC(N3CCN(C(=O)SC4CCC4)CC3)CC2)c(F)c1. The van der Waals surface area contributed by atoms with Crippen LogP contribution < -0.4 is 4.74 Å². The number of hydrogen-bond acceptors (Lipinski definition) is 6. The van der Waals surface area contributed by atoms with Crippen LogP contribution in [-0.4, -0.2) is 73.8 Å². The predicted molar refractivity (Wildman–Crippen MR) is 125 cm³/mol. The van der Waals surface area contributed by atoms with Gasteiger partial charge in [0.15, 0.2) is 21.4 Å². The fourth-order valence-electron chi connectivity index (χ4n) is 4.69. The van der Waals surface area contributed by atoms with E-state index in [-0.39, 0.29) is 15.9 Å². The summed E-state index contributed by atoms with van der Waals surface area (Å²) in [7, 11) is -3.43. The summed E-state index contributed by atoms with van der Waals surface area (Å²) in [5.41, 5.74) is 0. The summed E-state index contributed by atoms with van der Waals surface area (Å²) >= 11 is 1.53. The number of piperazine rings is 1. The van der Waals surface area contributed by atoms with Gasteiger partial charge < -0.3 is 9.64 Å². The second kappa shape index (κ2) is 10.3. The van der Waals surface area contributed by atoms with Gasteiger partial charge in [-0.25, -0.2) is 12.8 Å². The number of benzene rings is 1. The zero-order valence-corrected chi connectivity index (χ0v) is 20.3. The van der Waals surface area contributed by atoms with Crippen molar-refractivity contribution in [3.05, 3.63) is 24.0 Å². The Hall–Kier alpha value is -1.32. The number of thioether (sulfide) groups is 1. The highest BCUT2D eigenvalue weighted by molar-refractivity contribution is 8.14. The van der Waals surface area contributed by atoms with Crippen molar-refractivity contribution in [2.75, 3.05) is 39.0 Å². The van der Waals surface area contributed by atoms with Crippen LogP contribution in [-0.2, 0) is 9.84 Å². The molecule has 0 aromatic heterocycles. The minimum Gasteiger partial charge on any atom is -0.490 e. The van der Waals surface area contributed by atoms with Crippen molar-refractivity contribution >= 4 is 26.8 Å². The Morgan fingerprint density at radius 3 is 2.34 bits per heavy atom. The first kappa shape index (κ1) is 23.8. The highest BCUT2D eigenvalue weighted by Gasteiger charge is 2.31. The zero-order chi connectivity index (χ0) is 22.7. The average molecular weight is 485 g/mol. The Labute approximate surface area is 194 Å². The van der Waals surface area contributed by atoms with Gasteiger partial charge in [-0.2, -0.15) is 0 Å². The van der Waals surface area contributed by atoms with Crippen LogP contribution in [0.25, 0.3) is 0 Å². The lowest BCUT2D eigenvalue weighted by Crippen LogP contribution is -2.52. The van der Waals surface area contributed by atoms with Gasteiger partial charge in [0.25, 0.3) is 5.24 Å². The van der Waals surface area contributed by atoms with Crippen LogP contribution in [0.4, 0.5) is 9.18 Å². The number of rotatable bonds is 6. The zero-order valence-electron chi connectivity index (χ0n) is 18.7. The van der Waals surface area contributed by atoms with Gasteiger partial charge in [0.2, 0.25) is 0 Å². The molecule has 4 rings (SSSR count). The molecule has 178 valence electrons. The van der Waals surface area contributed by atoms with Gasteiger partial charge in [0.1, 0.15) is 0 Å². The van der Waals surface area contributed by atoms with Crippen molar-refractivity contribution in [1.82, 2.24) is 9.80 Å². The van der Waals surface area contributed by atoms with Crippen LogP contribution in [0.3, 0.4) is 0 Å². The number of sulfone groups is 1. The molecule has 1 saturated heterocycles. The van der Waals surface area contributed by atoms with E-state index in [0.717, 1.165) is 64.2 Å². The highest BCUT2D eigenvalue weighted by atomic mass is 32.2. The highest BCUT2D eigenvalue weighted by Crippen LogP contribution is 2.34. The molecular weight excluding hydrogens is 451 g/mol. The third-order valence-corrected chi connectivity index (χ3v) is 9.41. The van der Waals surface area contributed by atoms with Crippen molar-refractivity contribution in [1.29, 1.82) is 0 Å². The third-order valence-electron chi connectivity index (χ3n) is 7.03. The predicted octanol–water partition coefficient (Wildman–Crippen LogP) is 4.19. The van der Waals surface area contributed by atoms with E-state index in [2.05, 4.69) is 4.90 Å². The van der Waals surface area contributed by atoms with E-state index in [9.17, 15) is 17.6 Å². The number of halogens is 1. The smallest absolute Gasteiger partial charge is 0.281 e. The van der Waals surface area contributed by atoms with Crippen LogP contribution in [0, 0.1) is 11.7 Å². The lowest BCUT2D eigenvalue weighted by Gasteiger charge is -2.42. The van der Waals surface area contributed by atoms with Crippen molar-refractivity contribution in [3.63, 3.8) is 0 Å². The van der Waals surface area contributed by atoms with Gasteiger partial charge in [0.05, 0.1) is 11.5 Å². The van der Waals surface area contributed by atoms with Crippen molar-refractivity contribution in [2.24, 2.45) is 5.92 Å². The number of amides is 1. The van der Waals surface area contributed by atoms with Crippen LogP contribution in [0.2, 0.25) is 0 Å². The van der Waals surface area contributed by atoms with Gasteiger partial charge in [-0.3, -0.25) is 9.69 Å². The third kappa shape index (κ3) is 5.97. The molecule has 0 bridgehead atoms. The molecule has 1 heterocycles. The Balaban J connectivity index is 1.18. The maximum atomic E-state index is 14.2. The van der Waals surface area contributed by atoms with Gasteiger partial charge in [0, 0.05) is 43.7 Å². The molecule has 0 spiro atoms. The van der Waals surface area contributed by atoms with Crippen LogP contribution in [0.1, 0.15) is 44.9 Å². The minimum atomic E-state index is -3.43. The molecule has 0 radical (unpaired) electrons. The Morgan fingerprint density at radius 1 is 1.09 bits per heavy atom. The van der Waals surface area contributed by atoms with Gasteiger partial charge in [-0.1, -0.05) is 18.2 Å². The number of carbonyl (C=O) groups is 1. The number of nitrogens with zero attached hydrogens (tertiary/aromatic N) is 2. The van der Waals surface area contributed by atoms with Crippen LogP contribution in [0.5, 0.6) is 5.75 Å². The first-order valence-electron chi connectivity index (χ1n) is 11.6. The number of hydrogen-bond donors (Lipinski definition) is 0. The van der Waals surface area contributed by atoms with Crippen molar-refractivity contribution in [2.45, 2.75) is 61.1 Å². The maximum absolute atomic E-state index is 14.2. The molecule has 1 aliphatic heterocycles. The van der Waals surface area contributed by atoms with Gasteiger partial charge in [-0.15, -0.1) is 0 Å². The molecule has 0 unspecified atom stereocenters. The van der Waals surface area contributed by atoms with E-state index in [1.54, 1.807) is 0 Å². The van der Waals surface area contributed by atoms with E-state index in [1.165, 1.54) is 43.2 Å². The van der Waals surface area contributed by atoms with Gasteiger partial charge in [-0.05, 0) is 62.6 Å². The Morgan fingerprint density at radius 2 is 1.78 bits per heavy atom. The minimum absolute atomic E-state index is 0.0358. The summed E-state index contributed by atoms with van der Waals surface area (Å²) < 4.78 is 43.0. The second-order valence-corrected chi connectivity index (χ2v) is 12.6. The standard InChI is InChI=1S/C23H33FN2O4S2/c1-32(28,29)20-9-10-22(21(24)15-20)30-16-17-5-7-18(8-6-17)25-11-13-26(14-12-25)23(27)31-19-3-2-4-19/h9-10,15,17-19H,2-8,11-14,16H2,1H3. The largest absolute Gasteiger partial charge is 0.490 e. The molecule has 3 fully saturated rings. The molecule has 0 atom stereocenters. The van der Waals surface area contributed by atoms with Gasteiger partial charge >= 0.3 is 0 Å². The molecule has 3 aliphatic rings. The second-order valence-electron chi connectivity index (χ2n) is 9.31. The fourth-order valence-corrected chi connectivity index (χ4v) is 6.51. The quantitative estimate of drug-likeness (QED) is 0.603. The molecule has 1 aromatic rings. The van der Waals surface area contributed by atoms with E-state index >= 15 is 0 Å². The fraction of sp³-hybridized carbons (Fsp3) is 0.696. The van der Waals surface area contributed by atoms with E-state index < -0.39 is 15.7 Å². The van der Waals surface area contributed by atoms with Crippen molar-refractivity contribution < 1.29 is 22.3 Å². The summed E-state index contributed by atoms with van der Waals surface area (Å²) in [6.07, 6.45) is 8.94. The normalized spacial score (nSPS) is 25.4. The number of carbonyl (C=O) groups excluding carboxylic acids is 1. The summed E-state index contributed by atoms with van der Waals surface area (Å²) in [6.45, 7) is 3.98. The summed E-state index contributed by atoms with van der Waals surface area (Å²) in [5, 5.41) is 0.802.